The van der Waals surface area contributed by atoms with E-state index in [9.17, 15) is 0 Å². The minimum Gasteiger partial charge on any atom is -0.496 e. The Morgan fingerprint density at radius 3 is 2.68 bits per heavy atom. The molecule has 4 nitrogen and oxygen atoms in total. The lowest BCUT2D eigenvalue weighted by atomic mass is 10.0. The van der Waals surface area contributed by atoms with Crippen LogP contribution in [0.5, 0.6) is 5.75 Å². The molecule has 1 heterocycles. The molecular formula is C15H19N3O. The lowest BCUT2D eigenvalue weighted by Crippen LogP contribution is -2.00. The minimum absolute atomic E-state index is 0.620. The molecule has 1 aromatic heterocycles. The number of hydrogen-bond donors (Lipinski definition) is 2. The Hall–Kier alpha value is -1.97. The molecule has 0 saturated heterocycles. The molecule has 19 heavy (non-hydrogen) atoms. The van der Waals surface area contributed by atoms with Gasteiger partial charge in [0.25, 0.3) is 0 Å². The summed E-state index contributed by atoms with van der Waals surface area (Å²) in [7, 11) is 1.70. The summed E-state index contributed by atoms with van der Waals surface area (Å²) < 4.78 is 5.34. The normalized spacial score (nSPS) is 14.5. The Balaban J connectivity index is 1.92. The van der Waals surface area contributed by atoms with Crippen LogP contribution in [0.25, 0.3) is 11.3 Å². The maximum atomic E-state index is 5.34. The monoisotopic (exact) mass is 257 g/mol. The van der Waals surface area contributed by atoms with Crippen LogP contribution in [0.3, 0.4) is 0 Å². The number of benzene rings is 1. The van der Waals surface area contributed by atoms with Gasteiger partial charge in [0.05, 0.1) is 12.8 Å². The van der Waals surface area contributed by atoms with Gasteiger partial charge < -0.3 is 10.1 Å². The second-order valence-corrected chi connectivity index (χ2v) is 5.22. The van der Waals surface area contributed by atoms with E-state index < -0.39 is 0 Å². The first-order valence-electron chi connectivity index (χ1n) is 6.65. The van der Waals surface area contributed by atoms with Gasteiger partial charge >= 0.3 is 0 Å². The number of hydrogen-bond acceptors (Lipinski definition) is 3. The second kappa shape index (κ2) is 4.61. The van der Waals surface area contributed by atoms with E-state index in [4.69, 9.17) is 4.74 Å². The van der Waals surface area contributed by atoms with E-state index in [0.717, 1.165) is 22.8 Å². The van der Waals surface area contributed by atoms with E-state index in [1.807, 2.05) is 0 Å². The number of ether oxygens (including phenoxy) is 1. The van der Waals surface area contributed by atoms with Crippen molar-refractivity contribution < 1.29 is 4.74 Å². The Bertz CT molecular complexity index is 599. The molecule has 1 fully saturated rings. The van der Waals surface area contributed by atoms with Crippen molar-refractivity contribution in [3.63, 3.8) is 0 Å². The molecule has 0 spiro atoms. The largest absolute Gasteiger partial charge is 0.496 e. The van der Waals surface area contributed by atoms with Crippen LogP contribution in [0.1, 0.15) is 24.0 Å². The molecule has 1 aliphatic carbocycles. The first kappa shape index (κ1) is 12.1. The first-order valence-corrected chi connectivity index (χ1v) is 6.65. The van der Waals surface area contributed by atoms with E-state index in [-0.39, 0.29) is 0 Å². The van der Waals surface area contributed by atoms with Crippen LogP contribution < -0.4 is 10.1 Å². The fourth-order valence-electron chi connectivity index (χ4n) is 2.27. The molecule has 1 aliphatic rings. The number of nitrogens with one attached hydrogen (secondary N) is 2. The van der Waals surface area contributed by atoms with Crippen LogP contribution in [0.2, 0.25) is 0 Å². The van der Waals surface area contributed by atoms with Gasteiger partial charge in [-0.15, -0.1) is 0 Å². The van der Waals surface area contributed by atoms with Crippen molar-refractivity contribution >= 4 is 5.82 Å². The van der Waals surface area contributed by atoms with Crippen molar-refractivity contribution in [1.82, 2.24) is 10.2 Å². The highest BCUT2D eigenvalue weighted by atomic mass is 16.5. The van der Waals surface area contributed by atoms with E-state index >= 15 is 0 Å². The third-order valence-electron chi connectivity index (χ3n) is 3.54. The molecule has 0 unspecified atom stereocenters. The fourth-order valence-corrected chi connectivity index (χ4v) is 2.27. The topological polar surface area (TPSA) is 49.9 Å². The molecule has 3 rings (SSSR count). The third-order valence-corrected chi connectivity index (χ3v) is 3.54. The minimum atomic E-state index is 0.620. The Labute approximate surface area is 113 Å². The zero-order valence-corrected chi connectivity index (χ0v) is 11.6. The molecule has 0 atom stereocenters. The lowest BCUT2D eigenvalue weighted by Gasteiger charge is -2.09. The maximum Gasteiger partial charge on any atom is 0.148 e. The molecule has 0 radical (unpaired) electrons. The highest BCUT2D eigenvalue weighted by Crippen LogP contribution is 2.31. The van der Waals surface area contributed by atoms with Gasteiger partial charge in [0.15, 0.2) is 0 Å². The van der Waals surface area contributed by atoms with Crippen LogP contribution in [-0.4, -0.2) is 23.3 Å². The summed E-state index contributed by atoms with van der Waals surface area (Å²) in [5, 5.41) is 10.8. The van der Waals surface area contributed by atoms with E-state index in [1.54, 1.807) is 7.11 Å². The number of H-pyrrole nitrogens is 1. The van der Waals surface area contributed by atoms with Gasteiger partial charge in [-0.2, -0.15) is 5.10 Å². The van der Waals surface area contributed by atoms with Crippen LogP contribution in [0.15, 0.2) is 18.2 Å². The van der Waals surface area contributed by atoms with E-state index in [1.165, 1.54) is 24.0 Å². The number of nitrogens with zero attached hydrogens (tertiary/aromatic N) is 1. The summed E-state index contributed by atoms with van der Waals surface area (Å²) in [5.74, 6) is 1.86. The Morgan fingerprint density at radius 2 is 2.00 bits per heavy atom. The zero-order valence-electron chi connectivity index (χ0n) is 11.6. The quantitative estimate of drug-likeness (QED) is 0.883. The Kier molecular flexibility index (Phi) is 2.93. The van der Waals surface area contributed by atoms with Crippen molar-refractivity contribution in [2.45, 2.75) is 32.7 Å². The molecule has 2 aromatic rings. The number of aromatic amines is 1. The highest BCUT2D eigenvalue weighted by molar-refractivity contribution is 5.68. The lowest BCUT2D eigenvalue weighted by molar-refractivity contribution is 0.411. The van der Waals surface area contributed by atoms with E-state index in [0.29, 0.717) is 6.04 Å². The van der Waals surface area contributed by atoms with Gasteiger partial charge in [0.1, 0.15) is 11.6 Å². The number of rotatable bonds is 4. The van der Waals surface area contributed by atoms with Crippen LogP contribution >= 0.6 is 0 Å². The first-order chi connectivity index (χ1) is 9.17. The second-order valence-electron chi connectivity index (χ2n) is 5.22. The standard InChI is InChI=1S/C15H19N3O/c1-9-7-14(19-3)10(2)6-12(9)13-8-15(18-17-13)16-11-4-5-11/h6-8,11H,4-5H2,1-3H3,(H2,16,17,18). The fraction of sp³-hybridized carbons (Fsp3) is 0.400. The summed E-state index contributed by atoms with van der Waals surface area (Å²) in [6.45, 7) is 4.15. The van der Waals surface area contributed by atoms with Crippen LogP contribution in [0.4, 0.5) is 5.82 Å². The number of methoxy groups -OCH3 is 1. The molecule has 0 amide bonds. The summed E-state index contributed by atoms with van der Waals surface area (Å²) >= 11 is 0. The molecular weight excluding hydrogens is 238 g/mol. The van der Waals surface area contributed by atoms with Crippen LogP contribution in [0, 0.1) is 13.8 Å². The average molecular weight is 257 g/mol. The molecule has 2 N–H and O–H groups in total. The van der Waals surface area contributed by atoms with Crippen molar-refractivity contribution in [3.8, 4) is 17.0 Å². The third kappa shape index (κ3) is 2.43. The number of anilines is 1. The van der Waals surface area contributed by atoms with Crippen molar-refractivity contribution in [3.05, 3.63) is 29.3 Å². The van der Waals surface area contributed by atoms with E-state index in [2.05, 4.69) is 47.6 Å². The molecule has 1 aromatic carbocycles. The summed E-state index contributed by atoms with van der Waals surface area (Å²) in [6, 6.07) is 6.91. The van der Waals surface area contributed by atoms with Gasteiger partial charge in [-0.1, -0.05) is 0 Å². The highest BCUT2D eigenvalue weighted by Gasteiger charge is 2.22. The van der Waals surface area contributed by atoms with Gasteiger partial charge in [-0.25, -0.2) is 0 Å². The average Bonchev–Trinajstić information content (AvgIpc) is 3.08. The van der Waals surface area contributed by atoms with Gasteiger partial charge in [-0.05, 0) is 49.9 Å². The molecule has 0 bridgehead atoms. The summed E-state index contributed by atoms with van der Waals surface area (Å²) in [4.78, 5) is 0. The van der Waals surface area contributed by atoms with Crippen LogP contribution in [-0.2, 0) is 0 Å². The van der Waals surface area contributed by atoms with Gasteiger partial charge in [0, 0.05) is 17.7 Å². The smallest absolute Gasteiger partial charge is 0.148 e. The summed E-state index contributed by atoms with van der Waals surface area (Å²) in [5.41, 5.74) is 4.54. The number of aromatic nitrogens is 2. The molecule has 1 saturated carbocycles. The van der Waals surface area contributed by atoms with Crippen molar-refractivity contribution in [1.29, 1.82) is 0 Å². The van der Waals surface area contributed by atoms with Crippen molar-refractivity contribution in [2.24, 2.45) is 0 Å². The van der Waals surface area contributed by atoms with Gasteiger partial charge in [-0.3, -0.25) is 5.10 Å². The predicted octanol–water partition coefficient (Wildman–Crippen LogP) is 3.28. The number of aryl methyl sites for hydroxylation is 2. The van der Waals surface area contributed by atoms with Crippen molar-refractivity contribution in [2.75, 3.05) is 12.4 Å². The maximum absolute atomic E-state index is 5.34. The predicted molar refractivity (Wildman–Crippen MR) is 76.7 cm³/mol. The molecule has 100 valence electrons. The molecule has 4 heteroatoms. The SMILES string of the molecule is COc1cc(C)c(-c2cc(NC3CC3)n[nH]2)cc1C. The Morgan fingerprint density at radius 1 is 1.21 bits per heavy atom. The van der Waals surface area contributed by atoms with Gasteiger partial charge in [0.2, 0.25) is 0 Å². The zero-order chi connectivity index (χ0) is 13.4. The molecule has 0 aliphatic heterocycles. The summed E-state index contributed by atoms with van der Waals surface area (Å²) in [6.07, 6.45) is 2.51.